The van der Waals surface area contributed by atoms with Crippen molar-refractivity contribution < 1.29 is 5.11 Å². The monoisotopic (exact) mass is 333 g/mol. The highest BCUT2D eigenvalue weighted by Crippen LogP contribution is 2.26. The second-order valence-electron chi connectivity index (χ2n) is 5.31. The van der Waals surface area contributed by atoms with E-state index in [1.54, 1.807) is 0 Å². The van der Waals surface area contributed by atoms with Crippen molar-refractivity contribution in [2.75, 3.05) is 11.9 Å². The second kappa shape index (κ2) is 6.91. The largest absolute Gasteiger partial charge is 0.394 e. The molecule has 2 aromatic carbocycles. The molecule has 106 valence electrons. The third kappa shape index (κ3) is 4.09. The van der Waals surface area contributed by atoms with Gasteiger partial charge in [0, 0.05) is 10.2 Å². The summed E-state index contributed by atoms with van der Waals surface area (Å²) in [4.78, 5) is 0. The zero-order chi connectivity index (χ0) is 14.4. The minimum absolute atomic E-state index is 0.0984. The molecule has 0 heterocycles. The van der Waals surface area contributed by atoms with Gasteiger partial charge in [0.05, 0.1) is 12.1 Å². The summed E-state index contributed by atoms with van der Waals surface area (Å²) in [6.07, 6.45) is 1.81. The van der Waals surface area contributed by atoms with Crippen LogP contribution in [-0.4, -0.2) is 17.3 Å². The Kier molecular flexibility index (Phi) is 5.21. The molecule has 0 aromatic heterocycles. The van der Waals surface area contributed by atoms with Gasteiger partial charge in [-0.3, -0.25) is 0 Å². The molecule has 0 aliphatic rings. The first-order chi connectivity index (χ1) is 9.63. The van der Waals surface area contributed by atoms with Gasteiger partial charge in [-0.1, -0.05) is 42.5 Å². The number of aryl methyl sites for hydroxylation is 1. The van der Waals surface area contributed by atoms with Crippen LogP contribution in [0.5, 0.6) is 0 Å². The smallest absolute Gasteiger partial charge is 0.0658 e. The van der Waals surface area contributed by atoms with E-state index in [2.05, 4.69) is 40.3 Å². The Hall–Kier alpha value is -1.32. The average Bonchev–Trinajstić information content (AvgIpc) is 2.49. The Balaban J connectivity index is 2.04. The van der Waals surface area contributed by atoms with E-state index in [1.807, 2.05) is 42.5 Å². The number of aliphatic hydroxyl groups excluding tert-OH is 1. The van der Waals surface area contributed by atoms with Gasteiger partial charge < -0.3 is 10.4 Å². The molecule has 0 saturated heterocycles. The molecule has 0 radical (unpaired) electrons. The first-order valence-electron chi connectivity index (χ1n) is 6.80. The highest BCUT2D eigenvalue weighted by Gasteiger charge is 2.23. The molecule has 2 nitrogen and oxygen atoms in total. The molecule has 0 aliphatic carbocycles. The Morgan fingerprint density at radius 3 is 2.35 bits per heavy atom. The van der Waals surface area contributed by atoms with Crippen molar-refractivity contribution in [1.82, 2.24) is 0 Å². The van der Waals surface area contributed by atoms with Crippen molar-refractivity contribution in [3.05, 3.63) is 64.6 Å². The molecular weight excluding hydrogens is 314 g/mol. The Labute approximate surface area is 129 Å². The maximum atomic E-state index is 9.74. The molecule has 1 atom stereocenters. The van der Waals surface area contributed by atoms with Gasteiger partial charge in [0.15, 0.2) is 0 Å². The van der Waals surface area contributed by atoms with Crippen molar-refractivity contribution >= 4 is 21.6 Å². The first kappa shape index (κ1) is 15.1. The lowest BCUT2D eigenvalue weighted by Gasteiger charge is -2.30. The van der Waals surface area contributed by atoms with Crippen LogP contribution in [0.15, 0.2) is 59.1 Å². The molecule has 2 rings (SSSR count). The minimum atomic E-state index is -0.334. The van der Waals surface area contributed by atoms with E-state index < -0.39 is 0 Å². The summed E-state index contributed by atoms with van der Waals surface area (Å²) in [7, 11) is 0. The summed E-state index contributed by atoms with van der Waals surface area (Å²) in [6.45, 7) is 2.15. The fourth-order valence-corrected chi connectivity index (χ4v) is 2.52. The van der Waals surface area contributed by atoms with Crippen LogP contribution in [0.1, 0.15) is 18.9 Å². The van der Waals surface area contributed by atoms with Crippen LogP contribution in [0.4, 0.5) is 5.69 Å². The first-order valence-corrected chi connectivity index (χ1v) is 7.60. The molecule has 0 fully saturated rings. The van der Waals surface area contributed by atoms with E-state index in [0.29, 0.717) is 0 Å². The molecule has 0 saturated carbocycles. The fraction of sp³-hybridized carbons (Fsp3) is 0.294. The number of anilines is 1. The van der Waals surface area contributed by atoms with Gasteiger partial charge >= 0.3 is 0 Å². The summed E-state index contributed by atoms with van der Waals surface area (Å²) in [5.74, 6) is 0. The third-order valence-corrected chi connectivity index (χ3v) is 4.16. The van der Waals surface area contributed by atoms with Crippen molar-refractivity contribution in [2.24, 2.45) is 0 Å². The van der Waals surface area contributed by atoms with Gasteiger partial charge in [0.2, 0.25) is 0 Å². The molecule has 1 unspecified atom stereocenters. The van der Waals surface area contributed by atoms with Crippen molar-refractivity contribution in [1.29, 1.82) is 0 Å². The second-order valence-corrected chi connectivity index (χ2v) is 6.16. The highest BCUT2D eigenvalue weighted by molar-refractivity contribution is 9.10. The van der Waals surface area contributed by atoms with Crippen LogP contribution in [0.25, 0.3) is 0 Å². The number of benzene rings is 2. The zero-order valence-corrected chi connectivity index (χ0v) is 13.2. The van der Waals surface area contributed by atoms with Crippen LogP contribution >= 0.6 is 15.9 Å². The lowest BCUT2D eigenvalue weighted by Crippen LogP contribution is -2.39. The molecule has 0 amide bonds. The van der Waals surface area contributed by atoms with Crippen molar-refractivity contribution in [3.63, 3.8) is 0 Å². The van der Waals surface area contributed by atoms with Crippen LogP contribution in [0, 0.1) is 0 Å². The molecule has 2 aromatic rings. The molecule has 0 bridgehead atoms. The number of halogens is 1. The van der Waals surface area contributed by atoms with Crippen molar-refractivity contribution in [2.45, 2.75) is 25.3 Å². The Bertz CT molecular complexity index is 544. The van der Waals surface area contributed by atoms with Crippen molar-refractivity contribution in [3.8, 4) is 0 Å². The maximum Gasteiger partial charge on any atom is 0.0658 e. The van der Waals surface area contributed by atoms with E-state index >= 15 is 0 Å². The number of hydrogen-bond acceptors (Lipinski definition) is 2. The number of nitrogens with one attached hydrogen (secondary N) is 1. The average molecular weight is 334 g/mol. The third-order valence-electron chi connectivity index (χ3n) is 3.47. The summed E-state index contributed by atoms with van der Waals surface area (Å²) >= 11 is 3.53. The van der Waals surface area contributed by atoms with E-state index in [0.717, 1.165) is 23.0 Å². The quantitative estimate of drug-likeness (QED) is 0.828. The van der Waals surface area contributed by atoms with E-state index in [9.17, 15) is 5.11 Å². The summed E-state index contributed by atoms with van der Waals surface area (Å²) < 4.78 is 1.01. The van der Waals surface area contributed by atoms with Crippen LogP contribution < -0.4 is 5.32 Å². The van der Waals surface area contributed by atoms with Gasteiger partial charge in [-0.05, 0) is 53.4 Å². The summed E-state index contributed by atoms with van der Waals surface area (Å²) in [5, 5.41) is 13.2. The van der Waals surface area contributed by atoms with Gasteiger partial charge in [0.1, 0.15) is 0 Å². The molecular formula is C17H20BrNO. The van der Waals surface area contributed by atoms with Gasteiger partial charge in [-0.25, -0.2) is 0 Å². The van der Waals surface area contributed by atoms with Gasteiger partial charge in [-0.15, -0.1) is 0 Å². The van der Waals surface area contributed by atoms with E-state index in [1.165, 1.54) is 5.56 Å². The number of hydrogen-bond donors (Lipinski definition) is 2. The predicted molar refractivity (Wildman–Crippen MR) is 88.0 cm³/mol. The lowest BCUT2D eigenvalue weighted by molar-refractivity contribution is 0.215. The van der Waals surface area contributed by atoms with E-state index in [-0.39, 0.29) is 12.1 Å². The molecule has 2 N–H and O–H groups in total. The lowest BCUT2D eigenvalue weighted by atomic mass is 9.93. The molecule has 20 heavy (non-hydrogen) atoms. The fourth-order valence-electron chi connectivity index (χ4n) is 2.13. The topological polar surface area (TPSA) is 32.3 Å². The molecule has 3 heteroatoms. The maximum absolute atomic E-state index is 9.74. The minimum Gasteiger partial charge on any atom is -0.394 e. The number of aliphatic hydroxyl groups is 1. The van der Waals surface area contributed by atoms with Crippen LogP contribution in [0.2, 0.25) is 0 Å². The number of para-hydroxylation sites is 1. The highest BCUT2D eigenvalue weighted by atomic mass is 79.9. The van der Waals surface area contributed by atoms with Gasteiger partial charge in [-0.2, -0.15) is 0 Å². The summed E-state index contributed by atoms with van der Waals surface area (Å²) in [5.41, 5.74) is 1.97. The van der Waals surface area contributed by atoms with Crippen LogP contribution in [0.3, 0.4) is 0 Å². The number of rotatable bonds is 6. The zero-order valence-electron chi connectivity index (χ0n) is 11.6. The van der Waals surface area contributed by atoms with E-state index in [4.69, 9.17) is 0 Å². The summed E-state index contributed by atoms with van der Waals surface area (Å²) in [6, 6.07) is 18.3. The predicted octanol–water partition coefficient (Wildman–Crippen LogP) is 4.24. The molecule has 0 spiro atoms. The normalized spacial score (nSPS) is 13.8. The van der Waals surface area contributed by atoms with Gasteiger partial charge in [0.25, 0.3) is 0 Å². The Morgan fingerprint density at radius 1 is 1.05 bits per heavy atom. The standard InChI is InChI=1S/C17H20BrNO/c1-17(13-20,12-11-14-7-3-2-4-8-14)19-16-10-6-5-9-15(16)18/h2-10,19-20H,11-13H2,1H3. The van der Waals surface area contributed by atoms with Crippen LogP contribution in [-0.2, 0) is 6.42 Å². The molecule has 0 aliphatic heterocycles. The SMILES string of the molecule is CC(CO)(CCc1ccccc1)Nc1ccccc1Br. The Morgan fingerprint density at radius 2 is 1.70 bits per heavy atom.